The minimum Gasteiger partial charge on any atom is -0.438 e. The highest BCUT2D eigenvalue weighted by atomic mass is 32.1. The highest BCUT2D eigenvalue weighted by Crippen LogP contribution is 2.34. The number of ether oxygens (including phenoxy) is 1. The van der Waals surface area contributed by atoms with Crippen molar-refractivity contribution >= 4 is 22.4 Å². The number of guanidine groups is 1. The Balaban J connectivity index is 1.57. The van der Waals surface area contributed by atoms with E-state index in [4.69, 9.17) is 9.72 Å². The van der Waals surface area contributed by atoms with E-state index in [1.807, 2.05) is 29.6 Å². The van der Waals surface area contributed by atoms with Crippen molar-refractivity contribution in [1.29, 1.82) is 0 Å². The summed E-state index contributed by atoms with van der Waals surface area (Å²) in [7, 11) is 0. The van der Waals surface area contributed by atoms with Crippen LogP contribution in [0.25, 0.3) is 11.3 Å². The molecule has 150 valence electrons. The van der Waals surface area contributed by atoms with Gasteiger partial charge in [0.05, 0.1) is 11.3 Å². The molecule has 3 aromatic rings. The number of benzene rings is 1. The summed E-state index contributed by atoms with van der Waals surface area (Å²) in [5, 5.41) is 9.29. The number of pyridine rings is 1. The average Bonchev–Trinajstić information content (AvgIpc) is 3.17. The van der Waals surface area contributed by atoms with E-state index in [0.717, 1.165) is 47.6 Å². The lowest BCUT2D eigenvalue weighted by molar-refractivity contribution is 0.461. The summed E-state index contributed by atoms with van der Waals surface area (Å²) in [6.45, 7) is 8.33. The van der Waals surface area contributed by atoms with Crippen molar-refractivity contribution in [3.63, 3.8) is 0 Å². The number of hydrogen-bond acceptors (Lipinski definition) is 7. The Kier molecular flexibility index (Phi) is 5.49. The lowest BCUT2D eigenvalue weighted by Crippen LogP contribution is -2.35. The molecule has 1 aromatic carbocycles. The van der Waals surface area contributed by atoms with Gasteiger partial charge >= 0.3 is 0 Å². The van der Waals surface area contributed by atoms with Gasteiger partial charge in [-0.25, -0.2) is 9.97 Å². The van der Waals surface area contributed by atoms with E-state index in [9.17, 15) is 0 Å². The van der Waals surface area contributed by atoms with Gasteiger partial charge in [0.25, 0.3) is 0 Å². The molecule has 2 aromatic heterocycles. The molecule has 7 heteroatoms. The first-order valence-corrected chi connectivity index (χ1v) is 10.6. The number of aromatic nitrogens is 2. The first-order valence-electron chi connectivity index (χ1n) is 9.74. The first-order chi connectivity index (χ1) is 14.0. The molecule has 3 heterocycles. The number of rotatable bonds is 4. The Morgan fingerprint density at radius 3 is 2.86 bits per heavy atom. The van der Waals surface area contributed by atoms with Crippen molar-refractivity contribution in [3.05, 3.63) is 53.5 Å². The fraction of sp³-hybridized carbons (Fsp3) is 0.318. The molecular formula is C22H25N5OS. The Bertz CT molecular complexity index is 1020. The van der Waals surface area contributed by atoms with Crippen molar-refractivity contribution in [2.75, 3.05) is 18.4 Å². The third-order valence-corrected chi connectivity index (χ3v) is 5.35. The lowest BCUT2D eigenvalue weighted by Gasteiger charge is -2.19. The normalized spacial score (nSPS) is 14.1. The lowest BCUT2D eigenvalue weighted by atomic mass is 9.87. The van der Waals surface area contributed by atoms with Crippen LogP contribution in [-0.2, 0) is 5.41 Å². The minimum atomic E-state index is 0.0532. The molecule has 2 N–H and O–H groups in total. The fourth-order valence-electron chi connectivity index (χ4n) is 2.98. The zero-order valence-electron chi connectivity index (χ0n) is 16.9. The van der Waals surface area contributed by atoms with Gasteiger partial charge in [0, 0.05) is 24.7 Å². The summed E-state index contributed by atoms with van der Waals surface area (Å²) in [5.41, 5.74) is 2.95. The van der Waals surface area contributed by atoms with Gasteiger partial charge < -0.3 is 15.4 Å². The first kappa shape index (κ1) is 19.4. The topological polar surface area (TPSA) is 71.4 Å². The molecule has 0 saturated carbocycles. The second kappa shape index (κ2) is 8.21. The zero-order valence-corrected chi connectivity index (χ0v) is 17.7. The molecule has 0 fully saturated rings. The van der Waals surface area contributed by atoms with Gasteiger partial charge in [0.2, 0.25) is 5.88 Å². The molecule has 4 rings (SSSR count). The van der Waals surface area contributed by atoms with Gasteiger partial charge in [-0.1, -0.05) is 32.9 Å². The van der Waals surface area contributed by atoms with Crippen molar-refractivity contribution < 1.29 is 4.74 Å². The number of nitrogens with zero attached hydrogens (tertiary/aromatic N) is 3. The average molecular weight is 408 g/mol. The third kappa shape index (κ3) is 4.74. The molecule has 0 unspecified atom stereocenters. The van der Waals surface area contributed by atoms with Gasteiger partial charge in [-0.15, -0.1) is 11.3 Å². The van der Waals surface area contributed by atoms with E-state index in [1.165, 1.54) is 16.9 Å². The third-order valence-electron chi connectivity index (χ3n) is 4.59. The van der Waals surface area contributed by atoms with E-state index in [2.05, 4.69) is 53.5 Å². The zero-order chi connectivity index (χ0) is 20.3. The number of nitrogens with one attached hydrogen (secondary N) is 2. The van der Waals surface area contributed by atoms with Crippen LogP contribution in [0.5, 0.6) is 11.6 Å². The quantitative estimate of drug-likeness (QED) is 0.633. The van der Waals surface area contributed by atoms with Crippen molar-refractivity contribution in [3.8, 4) is 22.9 Å². The van der Waals surface area contributed by atoms with Crippen molar-refractivity contribution in [2.24, 2.45) is 4.99 Å². The number of thiazole rings is 1. The molecule has 1 aliphatic heterocycles. The number of aliphatic imine (C=N–C) groups is 1. The number of anilines is 1. The Morgan fingerprint density at radius 1 is 1.17 bits per heavy atom. The van der Waals surface area contributed by atoms with Gasteiger partial charge in [0.15, 0.2) is 11.1 Å². The maximum absolute atomic E-state index is 6.16. The molecule has 0 bridgehead atoms. The monoisotopic (exact) mass is 407 g/mol. The maximum atomic E-state index is 6.16. The molecule has 0 atom stereocenters. The maximum Gasteiger partial charge on any atom is 0.228 e. The highest BCUT2D eigenvalue weighted by Gasteiger charge is 2.16. The summed E-state index contributed by atoms with van der Waals surface area (Å²) in [4.78, 5) is 13.6. The van der Waals surface area contributed by atoms with Crippen LogP contribution in [0, 0.1) is 0 Å². The SMILES string of the molecule is CC(C)(C)c1cccc(Oc2ncccc2-c2csc(NC3=NCCCN3)n2)c1. The van der Waals surface area contributed by atoms with Gasteiger partial charge in [-0.2, -0.15) is 0 Å². The van der Waals surface area contributed by atoms with E-state index in [0.29, 0.717) is 5.88 Å². The van der Waals surface area contributed by atoms with Gasteiger partial charge in [0.1, 0.15) is 5.75 Å². The summed E-state index contributed by atoms with van der Waals surface area (Å²) < 4.78 is 6.16. The standard InChI is InChI=1S/C22H25N5OS/c1-22(2,3)15-7-4-8-16(13-15)28-19-17(9-5-10-23-19)18-14-29-21(26-18)27-20-24-11-6-12-25-20/h4-5,7-10,13-14H,6,11-12H2,1-3H3,(H2,24,25,26,27). The molecule has 0 spiro atoms. The van der Waals surface area contributed by atoms with Crippen LogP contribution < -0.4 is 15.4 Å². The summed E-state index contributed by atoms with van der Waals surface area (Å²) in [6.07, 6.45) is 2.79. The van der Waals surface area contributed by atoms with E-state index >= 15 is 0 Å². The molecular weight excluding hydrogens is 382 g/mol. The van der Waals surface area contributed by atoms with E-state index < -0.39 is 0 Å². The molecule has 1 aliphatic rings. The Labute approximate surface area is 175 Å². The molecule has 6 nitrogen and oxygen atoms in total. The van der Waals surface area contributed by atoms with Crippen LogP contribution >= 0.6 is 11.3 Å². The summed E-state index contributed by atoms with van der Waals surface area (Å²) in [5.74, 6) is 2.09. The minimum absolute atomic E-state index is 0.0532. The fourth-order valence-corrected chi connectivity index (χ4v) is 3.69. The van der Waals surface area contributed by atoms with Crippen LogP contribution in [0.15, 0.2) is 53.0 Å². The molecule has 29 heavy (non-hydrogen) atoms. The second-order valence-corrected chi connectivity index (χ2v) is 8.77. The molecule has 0 radical (unpaired) electrons. The summed E-state index contributed by atoms with van der Waals surface area (Å²) in [6, 6.07) is 12.0. The Hall–Kier alpha value is -2.93. The van der Waals surface area contributed by atoms with Crippen LogP contribution in [0.1, 0.15) is 32.8 Å². The van der Waals surface area contributed by atoms with Crippen molar-refractivity contribution in [1.82, 2.24) is 15.3 Å². The van der Waals surface area contributed by atoms with Gasteiger partial charge in [-0.3, -0.25) is 4.99 Å². The number of hydrogen-bond donors (Lipinski definition) is 2. The summed E-state index contributed by atoms with van der Waals surface area (Å²) >= 11 is 1.53. The smallest absolute Gasteiger partial charge is 0.228 e. The van der Waals surface area contributed by atoms with Gasteiger partial charge in [-0.05, 0) is 41.7 Å². The Morgan fingerprint density at radius 2 is 2.07 bits per heavy atom. The molecule has 0 aliphatic carbocycles. The van der Waals surface area contributed by atoms with Crippen LogP contribution in [0.2, 0.25) is 0 Å². The van der Waals surface area contributed by atoms with Crippen LogP contribution in [0.4, 0.5) is 5.13 Å². The van der Waals surface area contributed by atoms with Crippen LogP contribution in [-0.4, -0.2) is 29.0 Å². The largest absolute Gasteiger partial charge is 0.438 e. The molecule has 0 amide bonds. The van der Waals surface area contributed by atoms with E-state index in [-0.39, 0.29) is 5.41 Å². The van der Waals surface area contributed by atoms with Crippen LogP contribution in [0.3, 0.4) is 0 Å². The van der Waals surface area contributed by atoms with Crippen molar-refractivity contribution in [2.45, 2.75) is 32.6 Å². The molecule has 0 saturated heterocycles. The highest BCUT2D eigenvalue weighted by molar-refractivity contribution is 7.14. The predicted molar refractivity (Wildman–Crippen MR) is 119 cm³/mol. The van der Waals surface area contributed by atoms with E-state index in [1.54, 1.807) is 6.20 Å². The second-order valence-electron chi connectivity index (χ2n) is 7.91. The predicted octanol–water partition coefficient (Wildman–Crippen LogP) is 5.06.